The van der Waals surface area contributed by atoms with E-state index in [0.717, 1.165) is 15.8 Å². The normalized spacial score (nSPS) is 14.5. The number of hydrogen-bond acceptors (Lipinski definition) is 5. The Morgan fingerprint density at radius 3 is 2.46 bits per heavy atom. The van der Waals surface area contributed by atoms with Crippen molar-refractivity contribution < 1.29 is 14.4 Å². The number of benzene rings is 1. The molecule has 8 heteroatoms. The van der Waals surface area contributed by atoms with Crippen LogP contribution in [-0.2, 0) is 14.4 Å². The number of fused-ring (bicyclic) bond motifs is 1. The zero-order valence-electron chi connectivity index (χ0n) is 14.9. The molecule has 2 heterocycles. The lowest BCUT2D eigenvalue weighted by Crippen LogP contribution is -2.50. The average molecular weight is 374 g/mol. The predicted molar refractivity (Wildman–Crippen MR) is 101 cm³/mol. The summed E-state index contributed by atoms with van der Waals surface area (Å²) in [5.74, 6) is -0.233. The van der Waals surface area contributed by atoms with Crippen LogP contribution in [0.15, 0.2) is 18.2 Å². The minimum Gasteiger partial charge on any atom is -0.339 e. The molecule has 1 N–H and O–H groups in total. The number of aromatic nitrogens is 1. The van der Waals surface area contributed by atoms with E-state index in [2.05, 4.69) is 10.3 Å². The van der Waals surface area contributed by atoms with Gasteiger partial charge in [-0.2, -0.15) is 0 Å². The number of nitrogens with zero attached hydrogens (tertiary/aromatic N) is 3. The number of carbonyl (C=O) groups excluding carboxylic acids is 3. The Labute approximate surface area is 156 Å². The molecule has 0 radical (unpaired) electrons. The molecule has 7 nitrogen and oxygen atoms in total. The minimum atomic E-state index is -0.211. The van der Waals surface area contributed by atoms with Crippen molar-refractivity contribution in [2.24, 2.45) is 0 Å². The summed E-state index contributed by atoms with van der Waals surface area (Å²) in [6.45, 7) is 5.68. The topological polar surface area (TPSA) is 82.6 Å². The summed E-state index contributed by atoms with van der Waals surface area (Å²) >= 11 is 1.43. The molecular formula is C18H22N4O3S. The first-order chi connectivity index (χ1) is 12.4. The second-order valence-electron chi connectivity index (χ2n) is 6.38. The molecule has 1 aliphatic rings. The Hall–Kier alpha value is -2.48. The Bertz CT molecular complexity index is 840. The third-order valence-electron chi connectivity index (χ3n) is 4.51. The van der Waals surface area contributed by atoms with Crippen molar-refractivity contribution in [1.29, 1.82) is 0 Å². The van der Waals surface area contributed by atoms with Crippen molar-refractivity contribution in [3.8, 4) is 0 Å². The standard InChI is InChI=1S/C18H22N4O3S/c1-12-4-3-5-14-17(12)20-18(26-14)19-15(24)6-7-16(25)22-10-8-21(9-11-22)13(2)23/h3-5H,6-11H2,1-2H3,(H,19,20,24). The van der Waals surface area contributed by atoms with Crippen LogP contribution in [0.1, 0.15) is 25.3 Å². The Balaban J connectivity index is 1.48. The van der Waals surface area contributed by atoms with E-state index in [9.17, 15) is 14.4 Å². The highest BCUT2D eigenvalue weighted by Crippen LogP contribution is 2.27. The molecule has 26 heavy (non-hydrogen) atoms. The maximum Gasteiger partial charge on any atom is 0.226 e. The highest BCUT2D eigenvalue weighted by Gasteiger charge is 2.22. The fourth-order valence-electron chi connectivity index (χ4n) is 2.97. The first-order valence-electron chi connectivity index (χ1n) is 8.63. The van der Waals surface area contributed by atoms with Crippen LogP contribution in [-0.4, -0.2) is 58.7 Å². The second-order valence-corrected chi connectivity index (χ2v) is 7.41. The van der Waals surface area contributed by atoms with E-state index in [4.69, 9.17) is 0 Å². The highest BCUT2D eigenvalue weighted by molar-refractivity contribution is 7.22. The number of nitrogens with one attached hydrogen (secondary N) is 1. The molecule has 0 bridgehead atoms. The van der Waals surface area contributed by atoms with E-state index in [-0.39, 0.29) is 30.6 Å². The van der Waals surface area contributed by atoms with Crippen LogP contribution in [0.5, 0.6) is 0 Å². The van der Waals surface area contributed by atoms with Gasteiger partial charge in [0.05, 0.1) is 10.2 Å². The molecule has 0 atom stereocenters. The van der Waals surface area contributed by atoms with Gasteiger partial charge < -0.3 is 15.1 Å². The molecule has 1 aromatic heterocycles. The van der Waals surface area contributed by atoms with E-state index >= 15 is 0 Å². The SMILES string of the molecule is CC(=O)N1CCN(C(=O)CCC(=O)Nc2nc3c(C)cccc3s2)CC1. The van der Waals surface area contributed by atoms with Gasteiger partial charge in [-0.15, -0.1) is 0 Å². The predicted octanol–water partition coefficient (Wildman–Crippen LogP) is 2.01. The fourth-order valence-corrected chi connectivity index (χ4v) is 3.93. The minimum absolute atomic E-state index is 0.0301. The highest BCUT2D eigenvalue weighted by atomic mass is 32.1. The number of amides is 3. The van der Waals surface area contributed by atoms with Crippen LogP contribution >= 0.6 is 11.3 Å². The van der Waals surface area contributed by atoms with Crippen molar-refractivity contribution in [3.05, 3.63) is 23.8 Å². The van der Waals surface area contributed by atoms with Gasteiger partial charge in [0.2, 0.25) is 17.7 Å². The molecule has 1 aliphatic heterocycles. The molecule has 1 aromatic carbocycles. The molecule has 2 aromatic rings. The van der Waals surface area contributed by atoms with E-state index in [0.29, 0.717) is 31.3 Å². The third kappa shape index (κ3) is 4.19. The summed E-state index contributed by atoms with van der Waals surface area (Å²) < 4.78 is 1.03. The van der Waals surface area contributed by atoms with E-state index in [1.54, 1.807) is 9.80 Å². The summed E-state index contributed by atoms with van der Waals surface area (Å²) in [6.07, 6.45) is 0.288. The van der Waals surface area contributed by atoms with Crippen molar-refractivity contribution in [2.75, 3.05) is 31.5 Å². The Kier molecular flexibility index (Phi) is 5.51. The maximum atomic E-state index is 12.2. The van der Waals surface area contributed by atoms with Gasteiger partial charge in [-0.1, -0.05) is 23.5 Å². The largest absolute Gasteiger partial charge is 0.339 e. The third-order valence-corrected chi connectivity index (χ3v) is 5.45. The molecule has 0 aliphatic carbocycles. The first kappa shape index (κ1) is 18.3. The zero-order valence-corrected chi connectivity index (χ0v) is 15.8. The number of piperazine rings is 1. The zero-order chi connectivity index (χ0) is 18.7. The van der Waals surface area contributed by atoms with Crippen molar-refractivity contribution in [3.63, 3.8) is 0 Å². The van der Waals surface area contributed by atoms with Crippen LogP contribution in [0.2, 0.25) is 0 Å². The van der Waals surface area contributed by atoms with Crippen LogP contribution < -0.4 is 5.32 Å². The second kappa shape index (κ2) is 7.82. The summed E-state index contributed by atoms with van der Waals surface area (Å²) in [5, 5.41) is 3.34. The van der Waals surface area contributed by atoms with Crippen molar-refractivity contribution >= 4 is 44.4 Å². The van der Waals surface area contributed by atoms with Crippen LogP contribution in [0.3, 0.4) is 0 Å². The molecule has 0 saturated carbocycles. The van der Waals surface area contributed by atoms with Gasteiger partial charge in [0, 0.05) is 45.9 Å². The molecule has 3 rings (SSSR count). The van der Waals surface area contributed by atoms with Crippen LogP contribution in [0, 0.1) is 6.92 Å². The monoisotopic (exact) mass is 374 g/mol. The van der Waals surface area contributed by atoms with Gasteiger partial charge in [0.25, 0.3) is 0 Å². The van der Waals surface area contributed by atoms with Gasteiger partial charge in [-0.05, 0) is 18.6 Å². The van der Waals surface area contributed by atoms with E-state index in [1.807, 2.05) is 25.1 Å². The van der Waals surface area contributed by atoms with E-state index in [1.165, 1.54) is 18.3 Å². The number of rotatable bonds is 4. The molecule has 0 unspecified atom stereocenters. The number of para-hydroxylation sites is 1. The first-order valence-corrected chi connectivity index (χ1v) is 9.45. The summed E-state index contributed by atoms with van der Waals surface area (Å²) in [7, 11) is 0. The quantitative estimate of drug-likeness (QED) is 0.887. The lowest BCUT2D eigenvalue weighted by Gasteiger charge is -2.34. The lowest BCUT2D eigenvalue weighted by atomic mass is 10.2. The smallest absolute Gasteiger partial charge is 0.226 e. The van der Waals surface area contributed by atoms with Gasteiger partial charge in [-0.3, -0.25) is 14.4 Å². The molecule has 1 saturated heterocycles. The summed E-state index contributed by atoms with van der Waals surface area (Å²) in [6, 6.07) is 5.92. The summed E-state index contributed by atoms with van der Waals surface area (Å²) in [5.41, 5.74) is 1.96. The maximum absolute atomic E-state index is 12.2. The van der Waals surface area contributed by atoms with Crippen LogP contribution in [0.4, 0.5) is 5.13 Å². The molecule has 1 fully saturated rings. The fraction of sp³-hybridized carbons (Fsp3) is 0.444. The number of thiazole rings is 1. The van der Waals surface area contributed by atoms with E-state index < -0.39 is 0 Å². The molecule has 0 spiro atoms. The van der Waals surface area contributed by atoms with Crippen molar-refractivity contribution in [2.45, 2.75) is 26.7 Å². The molecule has 3 amide bonds. The van der Waals surface area contributed by atoms with Gasteiger partial charge >= 0.3 is 0 Å². The lowest BCUT2D eigenvalue weighted by molar-refractivity contribution is -0.138. The van der Waals surface area contributed by atoms with Crippen molar-refractivity contribution in [1.82, 2.24) is 14.8 Å². The van der Waals surface area contributed by atoms with Gasteiger partial charge in [-0.25, -0.2) is 4.98 Å². The average Bonchev–Trinajstić information content (AvgIpc) is 3.03. The Morgan fingerprint density at radius 2 is 1.81 bits per heavy atom. The Morgan fingerprint density at radius 1 is 1.12 bits per heavy atom. The number of carbonyl (C=O) groups is 3. The summed E-state index contributed by atoms with van der Waals surface area (Å²) in [4.78, 5) is 43.6. The number of hydrogen-bond donors (Lipinski definition) is 1. The molecule has 138 valence electrons. The number of aryl methyl sites for hydroxylation is 1. The number of anilines is 1. The van der Waals surface area contributed by atoms with Crippen LogP contribution in [0.25, 0.3) is 10.2 Å². The van der Waals surface area contributed by atoms with Gasteiger partial charge in [0.1, 0.15) is 0 Å². The molecular weight excluding hydrogens is 352 g/mol. The van der Waals surface area contributed by atoms with Gasteiger partial charge in [0.15, 0.2) is 5.13 Å².